The average Bonchev–Trinajstić information content (AvgIpc) is 2.37. The minimum atomic E-state index is -3.91. The molecular formula is C12H17FN2O3S. The Morgan fingerprint density at radius 1 is 1.37 bits per heavy atom. The highest BCUT2D eigenvalue weighted by Gasteiger charge is 2.23. The average molecular weight is 288 g/mol. The van der Waals surface area contributed by atoms with Crippen molar-refractivity contribution >= 4 is 15.7 Å². The van der Waals surface area contributed by atoms with Crippen molar-refractivity contribution in [1.82, 2.24) is 4.72 Å². The third kappa shape index (κ3) is 3.43. The quantitative estimate of drug-likeness (QED) is 0.813. The van der Waals surface area contributed by atoms with Crippen LogP contribution in [0.4, 0.5) is 10.1 Å². The molecule has 1 aromatic carbocycles. The third-order valence-electron chi connectivity index (χ3n) is 3.17. The second-order valence-electron chi connectivity index (χ2n) is 4.57. The molecule has 0 bridgehead atoms. The maximum Gasteiger partial charge on any atom is 0.245 e. The van der Waals surface area contributed by atoms with Gasteiger partial charge in [-0.15, -0.1) is 0 Å². The van der Waals surface area contributed by atoms with Crippen LogP contribution >= 0.6 is 0 Å². The zero-order valence-electron chi connectivity index (χ0n) is 10.4. The Bertz CT molecular complexity index is 522. The number of ether oxygens (including phenoxy) is 1. The van der Waals surface area contributed by atoms with Crippen molar-refractivity contribution < 1.29 is 17.5 Å². The molecule has 5 nitrogen and oxygen atoms in total. The first-order valence-corrected chi connectivity index (χ1v) is 7.60. The van der Waals surface area contributed by atoms with Gasteiger partial charge >= 0.3 is 0 Å². The van der Waals surface area contributed by atoms with E-state index in [1.165, 1.54) is 12.1 Å². The first-order valence-electron chi connectivity index (χ1n) is 6.12. The molecule has 1 heterocycles. The van der Waals surface area contributed by atoms with E-state index >= 15 is 0 Å². The highest BCUT2D eigenvalue weighted by Crippen LogP contribution is 2.22. The highest BCUT2D eigenvalue weighted by molar-refractivity contribution is 7.89. The Labute approximate surface area is 112 Å². The number of halogens is 1. The number of hydrogen-bond donors (Lipinski definition) is 2. The van der Waals surface area contributed by atoms with Gasteiger partial charge in [0, 0.05) is 19.8 Å². The van der Waals surface area contributed by atoms with Crippen LogP contribution < -0.4 is 10.5 Å². The van der Waals surface area contributed by atoms with Crippen molar-refractivity contribution in [2.24, 2.45) is 5.92 Å². The van der Waals surface area contributed by atoms with Crippen molar-refractivity contribution in [3.05, 3.63) is 24.0 Å². The van der Waals surface area contributed by atoms with E-state index in [1.807, 2.05) is 0 Å². The molecule has 0 radical (unpaired) electrons. The predicted octanol–water partition coefficient (Wildman–Crippen LogP) is 1.11. The van der Waals surface area contributed by atoms with E-state index < -0.39 is 20.7 Å². The third-order valence-corrected chi connectivity index (χ3v) is 4.68. The zero-order chi connectivity index (χ0) is 13.9. The van der Waals surface area contributed by atoms with Crippen LogP contribution in [-0.2, 0) is 14.8 Å². The Balaban J connectivity index is 2.09. The highest BCUT2D eigenvalue weighted by atomic mass is 32.2. The molecule has 1 aliphatic rings. The molecule has 3 N–H and O–H groups in total. The lowest BCUT2D eigenvalue weighted by Crippen LogP contribution is -2.33. The van der Waals surface area contributed by atoms with E-state index in [0.29, 0.717) is 13.2 Å². The van der Waals surface area contributed by atoms with Crippen molar-refractivity contribution in [2.45, 2.75) is 17.7 Å². The summed E-state index contributed by atoms with van der Waals surface area (Å²) in [6.07, 6.45) is 1.60. The van der Waals surface area contributed by atoms with Gasteiger partial charge in [0.05, 0.1) is 5.69 Å². The monoisotopic (exact) mass is 288 g/mol. The van der Waals surface area contributed by atoms with Crippen LogP contribution in [0.25, 0.3) is 0 Å². The summed E-state index contributed by atoms with van der Waals surface area (Å²) < 4.78 is 45.3. The molecule has 0 aliphatic carbocycles. The second-order valence-corrected chi connectivity index (χ2v) is 6.27. The molecule has 0 aromatic heterocycles. The fourth-order valence-corrected chi connectivity index (χ4v) is 3.36. The van der Waals surface area contributed by atoms with Crippen molar-refractivity contribution in [3.63, 3.8) is 0 Å². The van der Waals surface area contributed by atoms with Gasteiger partial charge in [0.1, 0.15) is 10.7 Å². The molecule has 0 atom stereocenters. The van der Waals surface area contributed by atoms with E-state index in [0.717, 1.165) is 18.9 Å². The molecule has 0 unspecified atom stereocenters. The standard InChI is InChI=1S/C12H17FN2O3S/c13-10-2-1-3-11(14)12(10)19(16,17)15-8-9-4-6-18-7-5-9/h1-3,9,15H,4-8,14H2. The molecule has 7 heteroatoms. The number of anilines is 1. The van der Waals surface area contributed by atoms with Crippen LogP contribution in [0.15, 0.2) is 23.1 Å². The molecule has 0 amide bonds. The Morgan fingerprint density at radius 2 is 2.05 bits per heavy atom. The molecule has 106 valence electrons. The van der Waals surface area contributed by atoms with Crippen molar-refractivity contribution in [1.29, 1.82) is 0 Å². The van der Waals surface area contributed by atoms with Gasteiger partial charge in [0.2, 0.25) is 10.0 Å². The van der Waals surface area contributed by atoms with Gasteiger partial charge < -0.3 is 10.5 Å². The van der Waals surface area contributed by atoms with E-state index in [4.69, 9.17) is 10.5 Å². The zero-order valence-corrected chi connectivity index (χ0v) is 11.2. The lowest BCUT2D eigenvalue weighted by molar-refractivity contribution is 0.0678. The van der Waals surface area contributed by atoms with Crippen LogP contribution in [0, 0.1) is 11.7 Å². The topological polar surface area (TPSA) is 81.4 Å². The van der Waals surface area contributed by atoms with Gasteiger partial charge in [0.15, 0.2) is 0 Å². The van der Waals surface area contributed by atoms with Crippen LogP contribution in [0.2, 0.25) is 0 Å². The molecule has 1 saturated heterocycles. The number of benzene rings is 1. The van der Waals surface area contributed by atoms with Gasteiger partial charge in [-0.1, -0.05) is 6.07 Å². The lowest BCUT2D eigenvalue weighted by Gasteiger charge is -2.22. The summed E-state index contributed by atoms with van der Waals surface area (Å²) in [5.74, 6) is -0.615. The number of nitrogens with one attached hydrogen (secondary N) is 1. The predicted molar refractivity (Wildman–Crippen MR) is 69.5 cm³/mol. The molecule has 1 fully saturated rings. The normalized spacial score (nSPS) is 17.5. The number of rotatable bonds is 4. The second kappa shape index (κ2) is 5.85. The first-order chi connectivity index (χ1) is 9.00. The van der Waals surface area contributed by atoms with Gasteiger partial charge in [0.25, 0.3) is 0 Å². The summed E-state index contributed by atoms with van der Waals surface area (Å²) >= 11 is 0. The fraction of sp³-hybridized carbons (Fsp3) is 0.500. The van der Waals surface area contributed by atoms with Crippen LogP contribution in [0.5, 0.6) is 0 Å². The molecule has 0 spiro atoms. The molecule has 1 aromatic rings. The number of hydrogen-bond acceptors (Lipinski definition) is 4. The maximum absolute atomic E-state index is 13.6. The van der Waals surface area contributed by atoms with Crippen molar-refractivity contribution in [3.8, 4) is 0 Å². The van der Waals surface area contributed by atoms with Gasteiger partial charge in [-0.05, 0) is 30.9 Å². The van der Waals surface area contributed by atoms with E-state index in [2.05, 4.69) is 4.72 Å². The van der Waals surface area contributed by atoms with Crippen LogP contribution in [-0.4, -0.2) is 28.2 Å². The summed E-state index contributed by atoms with van der Waals surface area (Å²) in [6, 6.07) is 3.83. The van der Waals surface area contributed by atoms with Crippen LogP contribution in [0.1, 0.15) is 12.8 Å². The number of sulfonamides is 1. The maximum atomic E-state index is 13.6. The minimum absolute atomic E-state index is 0.0838. The number of nitrogens with two attached hydrogens (primary N) is 1. The van der Waals surface area contributed by atoms with Gasteiger partial charge in [-0.3, -0.25) is 0 Å². The van der Waals surface area contributed by atoms with Crippen molar-refractivity contribution in [2.75, 3.05) is 25.5 Å². The summed E-state index contributed by atoms with van der Waals surface area (Å²) in [6.45, 7) is 1.54. The SMILES string of the molecule is Nc1cccc(F)c1S(=O)(=O)NCC1CCOCC1. The summed E-state index contributed by atoms with van der Waals surface area (Å²) in [7, 11) is -3.91. The molecule has 2 rings (SSSR count). The molecule has 0 saturated carbocycles. The van der Waals surface area contributed by atoms with E-state index in [-0.39, 0.29) is 18.2 Å². The fourth-order valence-electron chi connectivity index (χ4n) is 2.06. The summed E-state index contributed by atoms with van der Waals surface area (Å²) in [4.78, 5) is -0.470. The molecule has 1 aliphatic heterocycles. The number of nitrogen functional groups attached to an aromatic ring is 1. The molecular weight excluding hydrogens is 271 g/mol. The van der Waals surface area contributed by atoms with E-state index in [9.17, 15) is 12.8 Å². The first kappa shape index (κ1) is 14.2. The van der Waals surface area contributed by atoms with E-state index in [1.54, 1.807) is 0 Å². The smallest absolute Gasteiger partial charge is 0.245 e. The minimum Gasteiger partial charge on any atom is -0.398 e. The Kier molecular flexibility index (Phi) is 4.38. The van der Waals surface area contributed by atoms with Crippen LogP contribution in [0.3, 0.4) is 0 Å². The molecule has 19 heavy (non-hydrogen) atoms. The Morgan fingerprint density at radius 3 is 2.68 bits per heavy atom. The summed E-state index contributed by atoms with van der Waals surface area (Å²) in [5, 5.41) is 0. The Hall–Kier alpha value is -1.18. The largest absolute Gasteiger partial charge is 0.398 e. The lowest BCUT2D eigenvalue weighted by atomic mass is 10.0. The summed E-state index contributed by atoms with van der Waals surface area (Å²) in [5.41, 5.74) is 5.45. The van der Waals surface area contributed by atoms with Gasteiger partial charge in [-0.2, -0.15) is 0 Å². The van der Waals surface area contributed by atoms with Gasteiger partial charge in [-0.25, -0.2) is 17.5 Å².